The van der Waals surface area contributed by atoms with Gasteiger partial charge in [0.25, 0.3) is 10.0 Å². The lowest BCUT2D eigenvalue weighted by Crippen LogP contribution is -2.48. The molecular formula is C10H14BrNO3S2. The van der Waals surface area contributed by atoms with E-state index in [9.17, 15) is 8.42 Å². The normalized spacial score (nSPS) is 22.8. The Hall–Kier alpha value is 0.0500. The molecule has 0 aliphatic carbocycles. The van der Waals surface area contributed by atoms with Crippen LogP contribution < -0.4 is 0 Å². The van der Waals surface area contributed by atoms with Crippen LogP contribution in [0.3, 0.4) is 0 Å². The van der Waals surface area contributed by atoms with Gasteiger partial charge in [-0.1, -0.05) is 6.92 Å². The largest absolute Gasteiger partial charge is 0.378 e. The van der Waals surface area contributed by atoms with Crippen molar-refractivity contribution in [1.29, 1.82) is 0 Å². The molecule has 0 radical (unpaired) electrons. The van der Waals surface area contributed by atoms with Crippen LogP contribution in [0.1, 0.15) is 13.3 Å². The summed E-state index contributed by atoms with van der Waals surface area (Å²) in [4.78, 5) is 0. The van der Waals surface area contributed by atoms with Crippen LogP contribution in [0.15, 0.2) is 20.1 Å². The number of nitrogens with zero attached hydrogens (tertiary/aromatic N) is 1. The molecule has 0 bridgehead atoms. The van der Waals surface area contributed by atoms with Gasteiger partial charge in [-0.05, 0) is 34.5 Å². The zero-order chi connectivity index (χ0) is 12.5. The lowest BCUT2D eigenvalue weighted by molar-refractivity contribution is 0.0315. The van der Waals surface area contributed by atoms with Gasteiger partial charge in [0, 0.05) is 12.6 Å². The van der Waals surface area contributed by atoms with E-state index < -0.39 is 10.0 Å². The summed E-state index contributed by atoms with van der Waals surface area (Å²) in [7, 11) is -3.36. The van der Waals surface area contributed by atoms with Crippen LogP contribution in [0.4, 0.5) is 0 Å². The van der Waals surface area contributed by atoms with Crippen molar-refractivity contribution in [2.45, 2.75) is 23.6 Å². The maximum atomic E-state index is 12.4. The minimum Gasteiger partial charge on any atom is -0.378 e. The second-order valence-electron chi connectivity index (χ2n) is 3.81. The van der Waals surface area contributed by atoms with E-state index in [2.05, 4.69) is 15.9 Å². The van der Waals surface area contributed by atoms with Gasteiger partial charge in [0.1, 0.15) is 4.21 Å². The quantitative estimate of drug-likeness (QED) is 0.848. The molecule has 1 saturated heterocycles. The molecule has 0 saturated carbocycles. The SMILES string of the molecule is CCC1COCCN1S(=O)(=O)c1ccc(Br)s1. The first-order chi connectivity index (χ1) is 8.05. The highest BCUT2D eigenvalue weighted by Crippen LogP contribution is 2.30. The van der Waals surface area contributed by atoms with Crippen LogP contribution in [0.2, 0.25) is 0 Å². The second-order valence-corrected chi connectivity index (χ2v) is 8.39. The molecule has 1 aromatic rings. The van der Waals surface area contributed by atoms with E-state index in [0.29, 0.717) is 24.0 Å². The molecule has 1 aromatic heterocycles. The molecule has 1 aliphatic rings. The summed E-state index contributed by atoms with van der Waals surface area (Å²) in [5.41, 5.74) is 0. The first-order valence-corrected chi connectivity index (χ1v) is 8.45. The van der Waals surface area contributed by atoms with Crippen LogP contribution >= 0.6 is 27.3 Å². The molecule has 7 heteroatoms. The number of hydrogen-bond acceptors (Lipinski definition) is 4. The third-order valence-electron chi connectivity index (χ3n) is 2.76. The zero-order valence-corrected chi connectivity index (χ0v) is 12.6. The van der Waals surface area contributed by atoms with Crippen molar-refractivity contribution in [2.75, 3.05) is 19.8 Å². The number of halogens is 1. The van der Waals surface area contributed by atoms with Gasteiger partial charge in [0.05, 0.1) is 17.0 Å². The van der Waals surface area contributed by atoms with Gasteiger partial charge >= 0.3 is 0 Å². The monoisotopic (exact) mass is 339 g/mol. The molecule has 1 atom stereocenters. The van der Waals surface area contributed by atoms with Crippen LogP contribution in [-0.2, 0) is 14.8 Å². The maximum Gasteiger partial charge on any atom is 0.252 e. The van der Waals surface area contributed by atoms with E-state index in [1.165, 1.54) is 11.3 Å². The van der Waals surface area contributed by atoms with Gasteiger partial charge in [-0.15, -0.1) is 11.3 Å². The molecule has 2 heterocycles. The smallest absolute Gasteiger partial charge is 0.252 e. The predicted octanol–water partition coefficient (Wildman–Crippen LogP) is 2.31. The summed E-state index contributed by atoms with van der Waals surface area (Å²) >= 11 is 4.54. The highest BCUT2D eigenvalue weighted by Gasteiger charge is 2.33. The topological polar surface area (TPSA) is 46.6 Å². The van der Waals surface area contributed by atoms with E-state index in [4.69, 9.17) is 4.74 Å². The Balaban J connectivity index is 2.30. The molecule has 4 nitrogen and oxygen atoms in total. The number of ether oxygens (including phenoxy) is 1. The Morgan fingerprint density at radius 2 is 2.35 bits per heavy atom. The highest BCUT2D eigenvalue weighted by molar-refractivity contribution is 9.11. The molecule has 1 aliphatic heterocycles. The third-order valence-corrected chi connectivity index (χ3v) is 6.80. The molecular weight excluding hydrogens is 326 g/mol. The fourth-order valence-electron chi connectivity index (χ4n) is 1.83. The van der Waals surface area contributed by atoms with Crippen molar-refractivity contribution >= 4 is 37.3 Å². The van der Waals surface area contributed by atoms with E-state index >= 15 is 0 Å². The van der Waals surface area contributed by atoms with Gasteiger partial charge < -0.3 is 4.74 Å². The van der Waals surface area contributed by atoms with Crippen molar-refractivity contribution in [2.24, 2.45) is 0 Å². The Morgan fingerprint density at radius 1 is 1.59 bits per heavy atom. The number of thiophene rings is 1. The molecule has 0 spiro atoms. The first kappa shape index (κ1) is 13.5. The standard InChI is InChI=1S/C10H14BrNO3S2/c1-2-8-7-15-6-5-12(8)17(13,14)10-4-3-9(11)16-10/h3-4,8H,2,5-7H2,1H3. The molecule has 0 aromatic carbocycles. The molecule has 0 N–H and O–H groups in total. The summed E-state index contributed by atoms with van der Waals surface area (Å²) in [6.07, 6.45) is 0.770. The number of rotatable bonds is 3. The van der Waals surface area contributed by atoms with Gasteiger partial charge in [-0.3, -0.25) is 0 Å². The second kappa shape index (κ2) is 5.36. The molecule has 17 heavy (non-hydrogen) atoms. The van der Waals surface area contributed by atoms with Crippen molar-refractivity contribution < 1.29 is 13.2 Å². The van der Waals surface area contributed by atoms with Gasteiger partial charge in [-0.2, -0.15) is 4.31 Å². The fraction of sp³-hybridized carbons (Fsp3) is 0.600. The summed E-state index contributed by atoms with van der Waals surface area (Å²) < 4.78 is 33.0. The molecule has 1 fully saturated rings. The van der Waals surface area contributed by atoms with Gasteiger partial charge in [-0.25, -0.2) is 8.42 Å². The Kier molecular flexibility index (Phi) is 4.25. The van der Waals surface area contributed by atoms with Gasteiger partial charge in [0.15, 0.2) is 0 Å². The molecule has 0 amide bonds. The highest BCUT2D eigenvalue weighted by atomic mass is 79.9. The Labute approximate surface area is 114 Å². The van der Waals surface area contributed by atoms with Crippen molar-refractivity contribution in [3.05, 3.63) is 15.9 Å². The van der Waals surface area contributed by atoms with E-state index in [-0.39, 0.29) is 6.04 Å². The van der Waals surface area contributed by atoms with Crippen molar-refractivity contribution in [1.82, 2.24) is 4.31 Å². The zero-order valence-electron chi connectivity index (χ0n) is 9.43. The number of morpholine rings is 1. The fourth-order valence-corrected chi connectivity index (χ4v) is 5.64. The number of sulfonamides is 1. The van der Waals surface area contributed by atoms with Crippen molar-refractivity contribution in [3.63, 3.8) is 0 Å². The summed E-state index contributed by atoms with van der Waals surface area (Å²) in [5, 5.41) is 0. The lowest BCUT2D eigenvalue weighted by Gasteiger charge is -2.33. The van der Waals surface area contributed by atoms with Crippen LogP contribution in [-0.4, -0.2) is 38.5 Å². The number of hydrogen-bond donors (Lipinski definition) is 0. The Morgan fingerprint density at radius 3 is 2.94 bits per heavy atom. The summed E-state index contributed by atoms with van der Waals surface area (Å²) in [6, 6.07) is 3.36. The van der Waals surface area contributed by atoms with Gasteiger partial charge in [0.2, 0.25) is 0 Å². The summed E-state index contributed by atoms with van der Waals surface area (Å²) in [6.45, 7) is 3.38. The average Bonchev–Trinajstić information content (AvgIpc) is 2.76. The first-order valence-electron chi connectivity index (χ1n) is 5.40. The van der Waals surface area contributed by atoms with Crippen molar-refractivity contribution in [3.8, 4) is 0 Å². The minimum atomic E-state index is -3.36. The van der Waals surface area contributed by atoms with E-state index in [1.54, 1.807) is 16.4 Å². The Bertz CT molecular complexity index is 485. The molecule has 1 unspecified atom stereocenters. The van der Waals surface area contributed by atoms with E-state index in [0.717, 1.165) is 10.2 Å². The van der Waals surface area contributed by atoms with E-state index in [1.807, 2.05) is 6.92 Å². The third kappa shape index (κ3) is 2.73. The molecule has 2 rings (SSSR count). The van der Waals surface area contributed by atoms with Crippen LogP contribution in [0.25, 0.3) is 0 Å². The van der Waals surface area contributed by atoms with Crippen LogP contribution in [0, 0.1) is 0 Å². The van der Waals surface area contributed by atoms with Crippen LogP contribution in [0.5, 0.6) is 0 Å². The maximum absolute atomic E-state index is 12.4. The minimum absolute atomic E-state index is 0.0466. The average molecular weight is 340 g/mol. The lowest BCUT2D eigenvalue weighted by atomic mass is 10.2. The molecule has 96 valence electrons. The predicted molar refractivity (Wildman–Crippen MR) is 70.8 cm³/mol. The summed E-state index contributed by atoms with van der Waals surface area (Å²) in [5.74, 6) is 0.